The largest absolute Gasteiger partial charge is 0.493 e. The summed E-state index contributed by atoms with van der Waals surface area (Å²) in [6.07, 6.45) is 3.83. The van der Waals surface area contributed by atoms with E-state index in [0.29, 0.717) is 35.3 Å². The van der Waals surface area contributed by atoms with Gasteiger partial charge in [-0.1, -0.05) is 18.2 Å². The molecule has 0 saturated carbocycles. The number of nitrogens with one attached hydrogen (secondary N) is 3. The third-order valence-corrected chi connectivity index (χ3v) is 5.57. The van der Waals surface area contributed by atoms with Gasteiger partial charge in [-0.15, -0.1) is 11.3 Å². The van der Waals surface area contributed by atoms with Crippen molar-refractivity contribution in [2.75, 3.05) is 36.7 Å². The Bertz CT molecular complexity index is 1220. The van der Waals surface area contributed by atoms with Crippen molar-refractivity contribution in [3.05, 3.63) is 60.0 Å². The van der Waals surface area contributed by atoms with Crippen molar-refractivity contribution in [1.82, 2.24) is 15.0 Å². The highest BCUT2D eigenvalue weighted by Crippen LogP contribution is 2.33. The number of amides is 2. The van der Waals surface area contributed by atoms with Crippen molar-refractivity contribution in [2.24, 2.45) is 0 Å². The number of aromatic nitrogens is 3. The molecule has 2 heterocycles. The van der Waals surface area contributed by atoms with Gasteiger partial charge in [-0.3, -0.25) is 5.32 Å². The molecule has 0 radical (unpaired) electrons. The molecule has 4 aromatic rings. The van der Waals surface area contributed by atoms with Gasteiger partial charge in [0.2, 0.25) is 0 Å². The quantitative estimate of drug-likeness (QED) is 0.365. The van der Waals surface area contributed by atoms with Crippen molar-refractivity contribution in [1.29, 1.82) is 0 Å². The number of methoxy groups -OCH3 is 2. The molecule has 0 atom stereocenters. The van der Waals surface area contributed by atoms with Crippen molar-refractivity contribution < 1.29 is 14.3 Å². The van der Waals surface area contributed by atoms with Gasteiger partial charge in [0.1, 0.15) is 17.1 Å². The molecule has 32 heavy (non-hydrogen) atoms. The minimum absolute atomic E-state index is 0.304. The molecule has 10 heteroatoms. The van der Waals surface area contributed by atoms with Gasteiger partial charge in [0.05, 0.1) is 30.9 Å². The van der Waals surface area contributed by atoms with E-state index < -0.39 is 0 Å². The molecule has 0 unspecified atom stereocenters. The molecule has 4 rings (SSSR count). The van der Waals surface area contributed by atoms with Crippen molar-refractivity contribution >= 4 is 44.8 Å². The molecule has 0 spiro atoms. The lowest BCUT2D eigenvalue weighted by Gasteiger charge is -2.11. The van der Waals surface area contributed by atoms with Crippen LogP contribution in [0.15, 0.2) is 55.0 Å². The summed E-state index contributed by atoms with van der Waals surface area (Å²) in [5.74, 6) is 1.93. The van der Waals surface area contributed by atoms with Crippen LogP contribution in [0.2, 0.25) is 0 Å². The predicted molar refractivity (Wildman–Crippen MR) is 126 cm³/mol. The molecule has 0 saturated heterocycles. The highest BCUT2D eigenvalue weighted by atomic mass is 32.1. The minimum Gasteiger partial charge on any atom is -0.493 e. The first-order chi connectivity index (χ1) is 15.7. The van der Waals surface area contributed by atoms with Crippen LogP contribution in [0, 0.1) is 0 Å². The van der Waals surface area contributed by atoms with E-state index >= 15 is 0 Å². The van der Waals surface area contributed by atoms with E-state index in [1.165, 1.54) is 17.7 Å². The Balaban J connectivity index is 1.35. The molecule has 9 nitrogen and oxygen atoms in total. The molecule has 3 N–H and O–H groups in total. The van der Waals surface area contributed by atoms with E-state index in [2.05, 4.69) is 30.9 Å². The van der Waals surface area contributed by atoms with E-state index in [1.807, 2.05) is 42.5 Å². The molecule has 0 aliphatic rings. The summed E-state index contributed by atoms with van der Waals surface area (Å²) in [6, 6.07) is 12.6. The normalized spacial score (nSPS) is 10.6. The Morgan fingerprint density at radius 1 is 1.00 bits per heavy atom. The third kappa shape index (κ3) is 5.03. The SMILES string of the molecule is COc1cc2ncnc(NCCc3ncc(NC(=O)Nc4ccccc4)s3)c2cc1OC. The molecule has 2 aromatic heterocycles. The molecule has 0 aliphatic heterocycles. The monoisotopic (exact) mass is 450 g/mol. The lowest BCUT2D eigenvalue weighted by molar-refractivity contribution is 0.262. The van der Waals surface area contributed by atoms with Gasteiger partial charge in [0, 0.05) is 30.1 Å². The zero-order chi connectivity index (χ0) is 22.3. The van der Waals surface area contributed by atoms with Crippen LogP contribution in [-0.4, -0.2) is 41.7 Å². The van der Waals surface area contributed by atoms with Crippen LogP contribution in [0.1, 0.15) is 5.01 Å². The summed E-state index contributed by atoms with van der Waals surface area (Å²) >= 11 is 1.43. The number of hydrogen-bond donors (Lipinski definition) is 3. The summed E-state index contributed by atoms with van der Waals surface area (Å²) in [5.41, 5.74) is 1.48. The Kier molecular flexibility index (Phi) is 6.61. The molecular weight excluding hydrogens is 428 g/mol. The van der Waals surface area contributed by atoms with Crippen LogP contribution in [0.25, 0.3) is 10.9 Å². The molecule has 0 aliphatic carbocycles. The maximum absolute atomic E-state index is 12.1. The molecule has 0 fully saturated rings. The highest BCUT2D eigenvalue weighted by molar-refractivity contribution is 7.15. The fourth-order valence-electron chi connectivity index (χ4n) is 3.09. The van der Waals surface area contributed by atoms with Gasteiger partial charge >= 0.3 is 6.03 Å². The molecule has 164 valence electrons. The lowest BCUT2D eigenvalue weighted by Crippen LogP contribution is -2.18. The van der Waals surface area contributed by atoms with E-state index in [-0.39, 0.29) is 6.03 Å². The van der Waals surface area contributed by atoms with Crippen LogP contribution in [0.3, 0.4) is 0 Å². The van der Waals surface area contributed by atoms with Crippen LogP contribution < -0.4 is 25.4 Å². The third-order valence-electron chi connectivity index (χ3n) is 4.59. The molecular formula is C22H22N6O3S. The predicted octanol–water partition coefficient (Wildman–Crippen LogP) is 4.40. The number of rotatable bonds is 8. The minimum atomic E-state index is -0.304. The number of anilines is 3. The number of thiazole rings is 1. The van der Waals surface area contributed by atoms with Crippen LogP contribution in [-0.2, 0) is 6.42 Å². The average molecular weight is 451 g/mol. The average Bonchev–Trinajstić information content (AvgIpc) is 3.25. The first-order valence-electron chi connectivity index (χ1n) is 9.84. The van der Waals surface area contributed by atoms with Gasteiger partial charge in [0.15, 0.2) is 11.5 Å². The molecule has 2 aromatic carbocycles. The zero-order valence-electron chi connectivity index (χ0n) is 17.6. The second-order valence-corrected chi connectivity index (χ2v) is 7.80. The summed E-state index contributed by atoms with van der Waals surface area (Å²) < 4.78 is 10.7. The number of fused-ring (bicyclic) bond motifs is 1. The Labute approximate surface area is 188 Å². The smallest absolute Gasteiger partial charge is 0.324 e. The second-order valence-electron chi connectivity index (χ2n) is 6.69. The fraction of sp³-hybridized carbons (Fsp3) is 0.182. The van der Waals surface area contributed by atoms with Crippen molar-refractivity contribution in [2.45, 2.75) is 6.42 Å². The maximum atomic E-state index is 12.1. The van der Waals surface area contributed by atoms with E-state index in [4.69, 9.17) is 9.47 Å². The number of benzene rings is 2. The number of hydrogen-bond acceptors (Lipinski definition) is 8. The van der Waals surface area contributed by atoms with Gasteiger partial charge in [-0.25, -0.2) is 19.7 Å². The summed E-state index contributed by atoms with van der Waals surface area (Å²) in [6.45, 7) is 0.615. The fourth-order valence-corrected chi connectivity index (χ4v) is 3.90. The zero-order valence-corrected chi connectivity index (χ0v) is 18.4. The van der Waals surface area contributed by atoms with Gasteiger partial charge in [-0.05, 0) is 18.2 Å². The topological polar surface area (TPSA) is 110 Å². The Morgan fingerprint density at radius 2 is 1.78 bits per heavy atom. The van der Waals surface area contributed by atoms with Crippen LogP contribution >= 0.6 is 11.3 Å². The van der Waals surface area contributed by atoms with Crippen LogP contribution in [0.4, 0.5) is 21.3 Å². The number of para-hydroxylation sites is 1. The van der Waals surface area contributed by atoms with E-state index in [0.717, 1.165) is 21.6 Å². The summed E-state index contributed by atoms with van der Waals surface area (Å²) in [7, 11) is 3.18. The number of carbonyl (C=O) groups is 1. The van der Waals surface area contributed by atoms with Gasteiger partial charge in [0.25, 0.3) is 0 Å². The van der Waals surface area contributed by atoms with Gasteiger partial charge < -0.3 is 20.1 Å². The van der Waals surface area contributed by atoms with Crippen LogP contribution in [0.5, 0.6) is 11.5 Å². The number of urea groups is 1. The van der Waals surface area contributed by atoms with Crippen molar-refractivity contribution in [3.63, 3.8) is 0 Å². The molecule has 0 bridgehead atoms. The lowest BCUT2D eigenvalue weighted by atomic mass is 10.2. The first kappa shape index (κ1) is 21.3. The number of ether oxygens (including phenoxy) is 2. The first-order valence-corrected chi connectivity index (χ1v) is 10.7. The Hall–Kier alpha value is -3.92. The van der Waals surface area contributed by atoms with E-state index in [9.17, 15) is 4.79 Å². The Morgan fingerprint density at radius 3 is 2.56 bits per heavy atom. The number of nitrogens with zero attached hydrogens (tertiary/aromatic N) is 3. The molecule has 2 amide bonds. The standard InChI is InChI=1S/C22H22N6O3S/c1-30-17-10-15-16(11-18(17)31-2)25-13-26-21(15)23-9-8-19-24-12-20(32-19)28-22(29)27-14-6-4-3-5-7-14/h3-7,10-13H,8-9H2,1-2H3,(H,23,25,26)(H2,27,28,29). The van der Waals surface area contributed by atoms with Gasteiger partial charge in [-0.2, -0.15) is 0 Å². The maximum Gasteiger partial charge on any atom is 0.324 e. The summed E-state index contributed by atoms with van der Waals surface area (Å²) in [4.78, 5) is 25.2. The summed E-state index contributed by atoms with van der Waals surface area (Å²) in [5, 5.41) is 11.3. The second kappa shape index (κ2) is 9.92. The van der Waals surface area contributed by atoms with Crippen molar-refractivity contribution in [3.8, 4) is 11.5 Å². The van der Waals surface area contributed by atoms with E-state index in [1.54, 1.807) is 20.4 Å². The number of carbonyl (C=O) groups excluding carboxylic acids is 1. The highest BCUT2D eigenvalue weighted by Gasteiger charge is 2.11.